The summed E-state index contributed by atoms with van der Waals surface area (Å²) in [5.74, 6) is 0.822. The molecule has 0 aliphatic carbocycles. The second-order valence-corrected chi connectivity index (χ2v) is 8.04. The number of benzene rings is 2. The molecule has 6 heteroatoms. The average molecular weight is 412 g/mol. The number of nitrogens with zero attached hydrogens (tertiary/aromatic N) is 1. The number of thiophene rings is 1. The predicted octanol–water partition coefficient (Wildman–Crippen LogP) is 5.70. The SMILES string of the molecule is COc1ccc2nc3cc(Cl)ccc3c(NCCCNCc3cccs3)c2c1. The van der Waals surface area contributed by atoms with Crippen LogP contribution in [0.3, 0.4) is 0 Å². The Balaban J connectivity index is 1.52. The van der Waals surface area contributed by atoms with E-state index < -0.39 is 0 Å². The largest absolute Gasteiger partial charge is 0.497 e. The molecule has 2 aromatic carbocycles. The minimum Gasteiger partial charge on any atom is -0.497 e. The van der Waals surface area contributed by atoms with Gasteiger partial charge >= 0.3 is 0 Å². The number of ether oxygens (including phenoxy) is 1. The van der Waals surface area contributed by atoms with Gasteiger partial charge in [-0.3, -0.25) is 0 Å². The molecule has 0 aliphatic rings. The van der Waals surface area contributed by atoms with Crippen LogP contribution < -0.4 is 15.4 Å². The first-order valence-corrected chi connectivity index (χ1v) is 10.5. The Bertz CT molecular complexity index is 1080. The lowest BCUT2D eigenvalue weighted by molar-refractivity contribution is 0.415. The highest BCUT2D eigenvalue weighted by molar-refractivity contribution is 7.09. The van der Waals surface area contributed by atoms with E-state index in [2.05, 4.69) is 28.1 Å². The molecule has 0 atom stereocenters. The number of halogens is 1. The normalized spacial score (nSPS) is 11.2. The van der Waals surface area contributed by atoms with Crippen LogP contribution in [0.2, 0.25) is 5.02 Å². The maximum Gasteiger partial charge on any atom is 0.119 e. The smallest absolute Gasteiger partial charge is 0.119 e. The standard InChI is InChI=1S/C22H22ClN3OS/c1-27-16-6-8-20-19(13-16)22(18-7-5-15(23)12-21(18)26-20)25-10-3-9-24-14-17-4-2-11-28-17/h2,4-8,11-13,24H,3,9-10,14H2,1H3,(H,25,26). The monoisotopic (exact) mass is 411 g/mol. The van der Waals surface area contributed by atoms with Gasteiger partial charge in [0.05, 0.1) is 23.8 Å². The van der Waals surface area contributed by atoms with E-state index >= 15 is 0 Å². The molecule has 0 fully saturated rings. The zero-order chi connectivity index (χ0) is 19.3. The first-order valence-electron chi connectivity index (χ1n) is 9.28. The zero-order valence-corrected chi connectivity index (χ0v) is 17.2. The van der Waals surface area contributed by atoms with Gasteiger partial charge in [0, 0.05) is 33.8 Å². The molecule has 4 nitrogen and oxygen atoms in total. The molecule has 0 bridgehead atoms. The van der Waals surface area contributed by atoms with E-state index in [1.54, 1.807) is 18.4 Å². The van der Waals surface area contributed by atoms with E-state index in [0.29, 0.717) is 5.02 Å². The minimum atomic E-state index is 0.691. The molecule has 4 rings (SSSR count). The summed E-state index contributed by atoms with van der Waals surface area (Å²) in [6.07, 6.45) is 1.02. The van der Waals surface area contributed by atoms with Crippen LogP contribution in [0.5, 0.6) is 5.75 Å². The maximum atomic E-state index is 6.19. The van der Waals surface area contributed by atoms with Gasteiger partial charge in [-0.1, -0.05) is 17.7 Å². The highest BCUT2D eigenvalue weighted by Crippen LogP contribution is 2.34. The molecule has 2 heterocycles. The minimum absolute atomic E-state index is 0.691. The number of aromatic nitrogens is 1. The number of fused-ring (bicyclic) bond motifs is 2. The van der Waals surface area contributed by atoms with Crippen LogP contribution in [0.15, 0.2) is 53.9 Å². The molecule has 0 saturated heterocycles. The summed E-state index contributed by atoms with van der Waals surface area (Å²) in [7, 11) is 1.68. The Morgan fingerprint density at radius 2 is 1.96 bits per heavy atom. The molecule has 0 aliphatic heterocycles. The summed E-state index contributed by atoms with van der Waals surface area (Å²) in [5.41, 5.74) is 2.89. The van der Waals surface area contributed by atoms with Crippen LogP contribution in [-0.2, 0) is 6.54 Å². The lowest BCUT2D eigenvalue weighted by atomic mass is 10.1. The van der Waals surface area contributed by atoms with Gasteiger partial charge in [-0.15, -0.1) is 11.3 Å². The van der Waals surface area contributed by atoms with Gasteiger partial charge in [0.25, 0.3) is 0 Å². The predicted molar refractivity (Wildman–Crippen MR) is 120 cm³/mol. The lowest BCUT2D eigenvalue weighted by Crippen LogP contribution is -2.17. The molecule has 2 aromatic heterocycles. The number of methoxy groups -OCH3 is 1. The molecular weight excluding hydrogens is 390 g/mol. The summed E-state index contributed by atoms with van der Waals surface area (Å²) in [6.45, 7) is 2.75. The van der Waals surface area contributed by atoms with Crippen molar-refractivity contribution >= 4 is 50.4 Å². The van der Waals surface area contributed by atoms with Gasteiger partial charge in [-0.2, -0.15) is 0 Å². The van der Waals surface area contributed by atoms with Gasteiger partial charge in [0.2, 0.25) is 0 Å². The van der Waals surface area contributed by atoms with Crippen molar-refractivity contribution in [3.63, 3.8) is 0 Å². The molecule has 144 valence electrons. The van der Waals surface area contributed by atoms with E-state index in [9.17, 15) is 0 Å². The second-order valence-electron chi connectivity index (χ2n) is 6.57. The Kier molecular flexibility index (Phi) is 5.95. The van der Waals surface area contributed by atoms with Crippen molar-refractivity contribution in [2.45, 2.75) is 13.0 Å². The van der Waals surface area contributed by atoms with Crippen molar-refractivity contribution in [1.29, 1.82) is 0 Å². The average Bonchev–Trinajstić information content (AvgIpc) is 3.22. The van der Waals surface area contributed by atoms with Gasteiger partial charge in [0.15, 0.2) is 0 Å². The summed E-state index contributed by atoms with van der Waals surface area (Å²) in [4.78, 5) is 6.13. The highest BCUT2D eigenvalue weighted by Gasteiger charge is 2.10. The molecule has 4 aromatic rings. The maximum absolute atomic E-state index is 6.19. The third kappa shape index (κ3) is 4.22. The fraction of sp³-hybridized carbons (Fsp3) is 0.227. The van der Waals surface area contributed by atoms with Crippen LogP contribution in [0.4, 0.5) is 5.69 Å². The Morgan fingerprint density at radius 1 is 1.04 bits per heavy atom. The topological polar surface area (TPSA) is 46.2 Å². The second kappa shape index (κ2) is 8.78. The van der Waals surface area contributed by atoms with Crippen molar-refractivity contribution in [3.05, 3.63) is 63.8 Å². The Labute approximate surface area is 173 Å². The molecular formula is C22H22ClN3OS. The number of pyridine rings is 1. The van der Waals surface area contributed by atoms with E-state index in [-0.39, 0.29) is 0 Å². The molecule has 0 spiro atoms. The van der Waals surface area contributed by atoms with Gasteiger partial charge in [0.1, 0.15) is 5.75 Å². The van der Waals surface area contributed by atoms with E-state index in [1.807, 2.05) is 36.4 Å². The summed E-state index contributed by atoms with van der Waals surface area (Å²) >= 11 is 7.97. The fourth-order valence-electron chi connectivity index (χ4n) is 3.27. The van der Waals surface area contributed by atoms with Crippen LogP contribution in [0, 0.1) is 0 Å². The number of nitrogens with one attached hydrogen (secondary N) is 2. The van der Waals surface area contributed by atoms with Gasteiger partial charge in [-0.05, 0) is 60.8 Å². The molecule has 0 amide bonds. The van der Waals surface area contributed by atoms with E-state index in [0.717, 1.165) is 59.3 Å². The third-order valence-corrected chi connectivity index (χ3v) is 5.77. The van der Waals surface area contributed by atoms with Crippen molar-refractivity contribution in [2.24, 2.45) is 0 Å². The summed E-state index contributed by atoms with van der Waals surface area (Å²) in [5, 5.41) is 12.0. The van der Waals surface area contributed by atoms with Crippen molar-refractivity contribution < 1.29 is 4.74 Å². The number of rotatable bonds is 8. The number of hydrogen-bond donors (Lipinski definition) is 2. The van der Waals surface area contributed by atoms with Crippen molar-refractivity contribution in [3.8, 4) is 5.75 Å². The van der Waals surface area contributed by atoms with Crippen LogP contribution in [0.25, 0.3) is 21.8 Å². The quantitative estimate of drug-likeness (QED) is 0.288. The molecule has 2 N–H and O–H groups in total. The molecule has 0 saturated carbocycles. The first-order chi connectivity index (χ1) is 13.7. The highest BCUT2D eigenvalue weighted by atomic mass is 35.5. The van der Waals surface area contributed by atoms with E-state index in [1.165, 1.54) is 4.88 Å². The Hall–Kier alpha value is -2.34. The van der Waals surface area contributed by atoms with Crippen molar-refractivity contribution in [2.75, 3.05) is 25.5 Å². The molecule has 0 radical (unpaired) electrons. The van der Waals surface area contributed by atoms with Crippen LogP contribution in [-0.4, -0.2) is 25.2 Å². The summed E-state index contributed by atoms with van der Waals surface area (Å²) < 4.78 is 5.42. The molecule has 28 heavy (non-hydrogen) atoms. The molecule has 0 unspecified atom stereocenters. The first kappa shape index (κ1) is 19.0. The third-order valence-electron chi connectivity index (χ3n) is 4.65. The van der Waals surface area contributed by atoms with Crippen molar-refractivity contribution in [1.82, 2.24) is 10.3 Å². The lowest BCUT2D eigenvalue weighted by Gasteiger charge is -2.14. The summed E-state index contributed by atoms with van der Waals surface area (Å²) in [6, 6.07) is 16.0. The van der Waals surface area contributed by atoms with Crippen LogP contribution >= 0.6 is 22.9 Å². The Morgan fingerprint density at radius 3 is 2.79 bits per heavy atom. The van der Waals surface area contributed by atoms with Gasteiger partial charge < -0.3 is 15.4 Å². The zero-order valence-electron chi connectivity index (χ0n) is 15.7. The van der Waals surface area contributed by atoms with Crippen LogP contribution in [0.1, 0.15) is 11.3 Å². The number of hydrogen-bond acceptors (Lipinski definition) is 5. The fourth-order valence-corrected chi connectivity index (χ4v) is 4.11. The van der Waals surface area contributed by atoms with E-state index in [4.69, 9.17) is 21.3 Å². The number of anilines is 1. The van der Waals surface area contributed by atoms with Gasteiger partial charge in [-0.25, -0.2) is 4.98 Å².